The average Bonchev–Trinajstić information content (AvgIpc) is 2.49. The van der Waals surface area contributed by atoms with Gasteiger partial charge in [0, 0.05) is 13.3 Å². The molecule has 3 rings (SSSR count). The minimum Gasteiger partial charge on any atom is -0.379 e. The van der Waals surface area contributed by atoms with E-state index >= 15 is 0 Å². The molecule has 1 aromatic carbocycles. The Hall–Kier alpha value is -1.94. The monoisotopic (exact) mass is 255 g/mol. The van der Waals surface area contributed by atoms with Crippen molar-refractivity contribution in [2.75, 3.05) is 12.4 Å². The SMILES string of the molecule is CO[C@H]1CCc2ccccc2[C@H]1Nc1ccncn1. The summed E-state index contributed by atoms with van der Waals surface area (Å²) in [6, 6.07) is 10.5. The molecule has 0 spiro atoms. The maximum atomic E-state index is 5.63. The lowest BCUT2D eigenvalue weighted by Gasteiger charge is -2.33. The normalized spacial score (nSPS) is 21.7. The summed E-state index contributed by atoms with van der Waals surface area (Å²) in [7, 11) is 1.77. The molecule has 1 N–H and O–H groups in total. The zero-order valence-electron chi connectivity index (χ0n) is 10.9. The van der Waals surface area contributed by atoms with E-state index in [4.69, 9.17) is 4.74 Å². The number of benzene rings is 1. The third-order valence-corrected chi connectivity index (χ3v) is 3.65. The Morgan fingerprint density at radius 1 is 1.26 bits per heavy atom. The van der Waals surface area contributed by atoms with Crippen LogP contribution < -0.4 is 5.32 Å². The van der Waals surface area contributed by atoms with Crippen LogP contribution in [0.15, 0.2) is 42.9 Å². The minimum atomic E-state index is 0.143. The molecule has 0 unspecified atom stereocenters. The van der Waals surface area contributed by atoms with Crippen molar-refractivity contribution in [1.82, 2.24) is 9.97 Å². The molecule has 1 aromatic heterocycles. The molecule has 4 nitrogen and oxygen atoms in total. The largest absolute Gasteiger partial charge is 0.379 e. The Morgan fingerprint density at radius 2 is 2.16 bits per heavy atom. The number of anilines is 1. The van der Waals surface area contributed by atoms with E-state index in [1.807, 2.05) is 6.07 Å². The number of hydrogen-bond donors (Lipinski definition) is 1. The van der Waals surface area contributed by atoms with Gasteiger partial charge < -0.3 is 10.1 Å². The van der Waals surface area contributed by atoms with Gasteiger partial charge in [-0.05, 0) is 30.0 Å². The number of hydrogen-bond acceptors (Lipinski definition) is 4. The summed E-state index contributed by atoms with van der Waals surface area (Å²) >= 11 is 0. The number of fused-ring (bicyclic) bond motifs is 1. The molecule has 2 atom stereocenters. The van der Waals surface area contributed by atoms with Crippen LogP contribution in [-0.4, -0.2) is 23.2 Å². The fourth-order valence-electron chi connectivity index (χ4n) is 2.69. The second-order valence-electron chi connectivity index (χ2n) is 4.73. The Bertz CT molecular complexity index is 544. The van der Waals surface area contributed by atoms with E-state index in [0.29, 0.717) is 0 Å². The van der Waals surface area contributed by atoms with E-state index in [1.165, 1.54) is 11.1 Å². The van der Waals surface area contributed by atoms with Gasteiger partial charge in [-0.15, -0.1) is 0 Å². The number of aromatic nitrogens is 2. The summed E-state index contributed by atoms with van der Waals surface area (Å²) in [6.07, 6.45) is 5.56. The van der Waals surface area contributed by atoms with Crippen molar-refractivity contribution in [2.45, 2.75) is 25.0 Å². The second kappa shape index (κ2) is 5.36. The van der Waals surface area contributed by atoms with E-state index in [0.717, 1.165) is 18.7 Å². The van der Waals surface area contributed by atoms with Crippen LogP contribution in [0.25, 0.3) is 0 Å². The average molecular weight is 255 g/mol. The molecule has 19 heavy (non-hydrogen) atoms. The fraction of sp³-hybridized carbons (Fsp3) is 0.333. The van der Waals surface area contributed by atoms with Crippen molar-refractivity contribution < 1.29 is 4.74 Å². The third kappa shape index (κ3) is 2.44. The fourth-order valence-corrected chi connectivity index (χ4v) is 2.69. The van der Waals surface area contributed by atoms with Crippen LogP contribution in [0.4, 0.5) is 5.82 Å². The summed E-state index contributed by atoms with van der Waals surface area (Å²) in [5.41, 5.74) is 2.70. The second-order valence-corrected chi connectivity index (χ2v) is 4.73. The first-order chi connectivity index (χ1) is 9.38. The first-order valence-corrected chi connectivity index (χ1v) is 6.51. The maximum absolute atomic E-state index is 5.63. The van der Waals surface area contributed by atoms with Gasteiger partial charge in [-0.2, -0.15) is 0 Å². The van der Waals surface area contributed by atoms with Crippen molar-refractivity contribution in [3.8, 4) is 0 Å². The lowest BCUT2D eigenvalue weighted by molar-refractivity contribution is 0.0735. The highest BCUT2D eigenvalue weighted by atomic mass is 16.5. The molecule has 98 valence electrons. The van der Waals surface area contributed by atoms with Gasteiger partial charge in [0.25, 0.3) is 0 Å². The van der Waals surface area contributed by atoms with E-state index < -0.39 is 0 Å². The first kappa shape index (κ1) is 12.1. The molecule has 1 aliphatic rings. The van der Waals surface area contributed by atoms with E-state index in [9.17, 15) is 0 Å². The maximum Gasteiger partial charge on any atom is 0.129 e. The van der Waals surface area contributed by atoms with Gasteiger partial charge in [-0.25, -0.2) is 9.97 Å². The zero-order valence-corrected chi connectivity index (χ0v) is 10.9. The van der Waals surface area contributed by atoms with Crippen LogP contribution in [-0.2, 0) is 11.2 Å². The van der Waals surface area contributed by atoms with Crippen molar-refractivity contribution in [3.05, 3.63) is 54.0 Å². The molecule has 4 heteroatoms. The van der Waals surface area contributed by atoms with E-state index in [-0.39, 0.29) is 12.1 Å². The van der Waals surface area contributed by atoms with Crippen molar-refractivity contribution in [3.63, 3.8) is 0 Å². The molecule has 0 fully saturated rings. The summed E-state index contributed by atoms with van der Waals surface area (Å²) < 4.78 is 5.63. The number of nitrogens with zero attached hydrogens (tertiary/aromatic N) is 2. The molecule has 1 heterocycles. The van der Waals surface area contributed by atoms with Crippen molar-refractivity contribution in [2.24, 2.45) is 0 Å². The third-order valence-electron chi connectivity index (χ3n) is 3.65. The Balaban J connectivity index is 1.92. The zero-order chi connectivity index (χ0) is 13.1. The molecule has 0 radical (unpaired) electrons. The molecule has 0 aliphatic heterocycles. The number of nitrogens with one attached hydrogen (secondary N) is 1. The molecular formula is C15H17N3O. The van der Waals surface area contributed by atoms with Gasteiger partial charge in [0.2, 0.25) is 0 Å². The van der Waals surface area contributed by atoms with Gasteiger partial charge in [-0.1, -0.05) is 24.3 Å². The number of rotatable bonds is 3. The van der Waals surface area contributed by atoms with Gasteiger partial charge in [0.15, 0.2) is 0 Å². The summed E-state index contributed by atoms with van der Waals surface area (Å²) in [5, 5.41) is 3.46. The number of ether oxygens (including phenoxy) is 1. The van der Waals surface area contributed by atoms with Crippen molar-refractivity contribution in [1.29, 1.82) is 0 Å². The topological polar surface area (TPSA) is 47.0 Å². The summed E-state index contributed by atoms with van der Waals surface area (Å²) in [5.74, 6) is 0.832. The predicted octanol–water partition coefficient (Wildman–Crippen LogP) is 2.59. The highest BCUT2D eigenvalue weighted by molar-refractivity contribution is 5.42. The summed E-state index contributed by atoms with van der Waals surface area (Å²) in [4.78, 5) is 8.18. The Kier molecular flexibility index (Phi) is 3.42. The van der Waals surface area contributed by atoms with Crippen LogP contribution in [0.5, 0.6) is 0 Å². The van der Waals surface area contributed by atoms with E-state index in [2.05, 4.69) is 39.6 Å². The van der Waals surface area contributed by atoms with Gasteiger partial charge in [0.1, 0.15) is 12.1 Å². The van der Waals surface area contributed by atoms with E-state index in [1.54, 1.807) is 19.6 Å². The lowest BCUT2D eigenvalue weighted by atomic mass is 9.85. The predicted molar refractivity (Wildman–Crippen MR) is 74.0 cm³/mol. The molecule has 2 aromatic rings. The molecular weight excluding hydrogens is 238 g/mol. The first-order valence-electron chi connectivity index (χ1n) is 6.51. The van der Waals surface area contributed by atoms with Crippen LogP contribution >= 0.6 is 0 Å². The lowest BCUT2D eigenvalue weighted by Crippen LogP contribution is -2.32. The molecule has 0 saturated carbocycles. The summed E-state index contributed by atoms with van der Waals surface area (Å²) in [6.45, 7) is 0. The van der Waals surface area contributed by atoms with Gasteiger partial charge in [0.05, 0.1) is 12.1 Å². The van der Waals surface area contributed by atoms with Gasteiger partial charge >= 0.3 is 0 Å². The standard InChI is InChI=1S/C15H17N3O/c1-19-13-7-6-11-4-2-3-5-12(11)15(13)18-14-8-9-16-10-17-14/h2-5,8-10,13,15H,6-7H2,1H3,(H,16,17,18)/t13-,15+/m0/s1. The van der Waals surface area contributed by atoms with Gasteiger partial charge in [-0.3, -0.25) is 0 Å². The smallest absolute Gasteiger partial charge is 0.129 e. The Labute approximate surface area is 112 Å². The highest BCUT2D eigenvalue weighted by Crippen LogP contribution is 2.33. The number of methoxy groups -OCH3 is 1. The van der Waals surface area contributed by atoms with Crippen LogP contribution in [0.2, 0.25) is 0 Å². The molecule has 1 aliphatic carbocycles. The van der Waals surface area contributed by atoms with Crippen LogP contribution in [0.3, 0.4) is 0 Å². The molecule has 0 saturated heterocycles. The minimum absolute atomic E-state index is 0.143. The highest BCUT2D eigenvalue weighted by Gasteiger charge is 2.29. The molecule has 0 bridgehead atoms. The quantitative estimate of drug-likeness (QED) is 0.915. The Morgan fingerprint density at radius 3 is 2.95 bits per heavy atom. The van der Waals surface area contributed by atoms with Crippen LogP contribution in [0, 0.1) is 0 Å². The number of aryl methyl sites for hydroxylation is 1. The van der Waals surface area contributed by atoms with Crippen LogP contribution in [0.1, 0.15) is 23.6 Å². The molecule has 0 amide bonds. The van der Waals surface area contributed by atoms with Crippen molar-refractivity contribution >= 4 is 5.82 Å².